The summed E-state index contributed by atoms with van der Waals surface area (Å²) in [6.45, 7) is 8.93. The Hall–Kier alpha value is -1.45. The Morgan fingerprint density at radius 1 is 1.37 bits per heavy atom. The predicted molar refractivity (Wildman–Crippen MR) is 73.7 cm³/mol. The highest BCUT2D eigenvalue weighted by Gasteiger charge is 2.39. The van der Waals surface area contributed by atoms with Gasteiger partial charge < -0.3 is 14.6 Å². The van der Waals surface area contributed by atoms with E-state index in [0.717, 1.165) is 43.8 Å². The van der Waals surface area contributed by atoms with E-state index in [0.29, 0.717) is 6.61 Å². The van der Waals surface area contributed by atoms with E-state index in [4.69, 9.17) is 4.74 Å². The highest BCUT2D eigenvalue weighted by Crippen LogP contribution is 2.44. The summed E-state index contributed by atoms with van der Waals surface area (Å²) < 4.78 is 8.11. The number of carbonyl (C=O) groups is 1. The van der Waals surface area contributed by atoms with Crippen LogP contribution in [0.4, 0.5) is 0 Å². The molecule has 19 heavy (non-hydrogen) atoms. The van der Waals surface area contributed by atoms with E-state index in [1.165, 1.54) is 11.3 Å². The van der Waals surface area contributed by atoms with E-state index < -0.39 is 0 Å². The number of hydrogen-bond donors (Lipinski definition) is 1. The van der Waals surface area contributed by atoms with E-state index in [1.54, 1.807) is 0 Å². The molecule has 0 saturated carbocycles. The number of hydrogen-bond acceptors (Lipinski definition) is 2. The molecule has 0 atom stereocenters. The monoisotopic (exact) mass is 262 g/mol. The van der Waals surface area contributed by atoms with Gasteiger partial charge in [0, 0.05) is 24.3 Å². The zero-order chi connectivity index (χ0) is 13.6. The van der Waals surface area contributed by atoms with Gasteiger partial charge in [0.15, 0.2) is 5.75 Å². The number of ether oxygens (including phenoxy) is 1. The minimum Gasteiger partial charge on any atom is -0.491 e. The molecule has 0 bridgehead atoms. The normalized spacial score (nSPS) is 19.8. The second-order valence-electron chi connectivity index (χ2n) is 6.38. The van der Waals surface area contributed by atoms with Crippen molar-refractivity contribution in [1.29, 1.82) is 0 Å². The van der Waals surface area contributed by atoms with Crippen LogP contribution in [-0.2, 0) is 19.4 Å². The molecule has 1 aromatic rings. The van der Waals surface area contributed by atoms with Crippen molar-refractivity contribution >= 4 is 5.91 Å². The number of amides is 1. The molecule has 1 aliphatic heterocycles. The molecule has 2 aliphatic rings. The molecule has 4 nitrogen and oxygen atoms in total. The van der Waals surface area contributed by atoms with Crippen LogP contribution in [0.5, 0.6) is 5.75 Å². The summed E-state index contributed by atoms with van der Waals surface area (Å²) in [7, 11) is 0. The van der Waals surface area contributed by atoms with Crippen LogP contribution < -0.4 is 10.1 Å². The van der Waals surface area contributed by atoms with Crippen LogP contribution in [0.2, 0.25) is 0 Å². The van der Waals surface area contributed by atoms with Crippen molar-refractivity contribution in [3.05, 3.63) is 17.0 Å². The maximum atomic E-state index is 12.1. The standard InChI is InChI=1S/C15H22N2O2/c1-4-7-19-13-10-8-15(2,3)9-11(10)17-6-5-16-14(18)12(13)17/h4-9H2,1-3H3,(H,16,18). The Morgan fingerprint density at radius 2 is 2.16 bits per heavy atom. The van der Waals surface area contributed by atoms with Crippen LogP contribution in [0.25, 0.3) is 0 Å². The third kappa shape index (κ3) is 1.94. The predicted octanol–water partition coefficient (Wildman–Crippen LogP) is 2.15. The van der Waals surface area contributed by atoms with Gasteiger partial charge in [-0.25, -0.2) is 0 Å². The van der Waals surface area contributed by atoms with Crippen LogP contribution in [0, 0.1) is 5.41 Å². The maximum Gasteiger partial charge on any atom is 0.271 e. The maximum absolute atomic E-state index is 12.1. The molecule has 2 heterocycles. The molecule has 0 saturated heterocycles. The van der Waals surface area contributed by atoms with E-state index in [-0.39, 0.29) is 11.3 Å². The zero-order valence-electron chi connectivity index (χ0n) is 12.0. The molecule has 4 heteroatoms. The third-order valence-electron chi connectivity index (χ3n) is 4.02. The van der Waals surface area contributed by atoms with Crippen LogP contribution in [0.3, 0.4) is 0 Å². The summed E-state index contributed by atoms with van der Waals surface area (Å²) in [4.78, 5) is 12.1. The first-order chi connectivity index (χ1) is 9.03. The molecular formula is C15H22N2O2. The van der Waals surface area contributed by atoms with Gasteiger partial charge in [-0.1, -0.05) is 20.8 Å². The summed E-state index contributed by atoms with van der Waals surface area (Å²) in [5.41, 5.74) is 3.62. The first kappa shape index (κ1) is 12.6. The average Bonchev–Trinajstić information content (AvgIpc) is 2.80. The summed E-state index contributed by atoms with van der Waals surface area (Å²) in [6, 6.07) is 0. The highest BCUT2D eigenvalue weighted by molar-refractivity contribution is 5.97. The van der Waals surface area contributed by atoms with Crippen molar-refractivity contribution in [2.45, 2.75) is 46.6 Å². The topological polar surface area (TPSA) is 43.3 Å². The molecule has 0 aromatic carbocycles. The van der Waals surface area contributed by atoms with E-state index in [2.05, 4.69) is 30.7 Å². The van der Waals surface area contributed by atoms with Crippen molar-refractivity contribution in [1.82, 2.24) is 9.88 Å². The van der Waals surface area contributed by atoms with Gasteiger partial charge in [-0.15, -0.1) is 0 Å². The molecule has 0 unspecified atom stereocenters. The fourth-order valence-electron chi connectivity index (χ4n) is 3.27. The second-order valence-corrected chi connectivity index (χ2v) is 6.38. The lowest BCUT2D eigenvalue weighted by Crippen LogP contribution is -2.36. The fraction of sp³-hybridized carbons (Fsp3) is 0.667. The minimum atomic E-state index is 0.0181. The lowest BCUT2D eigenvalue weighted by molar-refractivity contribution is 0.0921. The van der Waals surface area contributed by atoms with Crippen LogP contribution >= 0.6 is 0 Å². The van der Waals surface area contributed by atoms with Gasteiger partial charge in [-0.2, -0.15) is 0 Å². The molecule has 1 aliphatic carbocycles. The number of nitrogens with zero attached hydrogens (tertiary/aromatic N) is 1. The SMILES string of the molecule is CCCOc1c2c(n3c1C(=O)NCC3)CC(C)(C)C2. The Labute approximate surface area is 114 Å². The quantitative estimate of drug-likeness (QED) is 0.907. The molecule has 0 fully saturated rings. The Bertz CT molecular complexity index is 529. The summed E-state index contributed by atoms with van der Waals surface area (Å²) in [6.07, 6.45) is 3.01. The molecule has 104 valence electrons. The van der Waals surface area contributed by atoms with Gasteiger partial charge in [0.25, 0.3) is 5.91 Å². The average molecular weight is 262 g/mol. The number of nitrogens with one attached hydrogen (secondary N) is 1. The van der Waals surface area contributed by atoms with Gasteiger partial charge in [0.05, 0.1) is 6.61 Å². The van der Waals surface area contributed by atoms with Gasteiger partial charge in [-0.3, -0.25) is 4.79 Å². The number of carbonyl (C=O) groups excluding carboxylic acids is 1. The fourth-order valence-corrected chi connectivity index (χ4v) is 3.27. The minimum absolute atomic E-state index is 0.0181. The zero-order valence-corrected chi connectivity index (χ0v) is 12.0. The third-order valence-corrected chi connectivity index (χ3v) is 4.02. The summed E-state index contributed by atoms with van der Waals surface area (Å²) in [5, 5.41) is 2.92. The molecule has 1 aromatic heterocycles. The molecule has 0 spiro atoms. The van der Waals surface area contributed by atoms with Crippen LogP contribution in [0.15, 0.2) is 0 Å². The van der Waals surface area contributed by atoms with Crippen molar-refractivity contribution in [2.24, 2.45) is 5.41 Å². The Balaban J connectivity index is 2.09. The molecule has 1 N–H and O–H groups in total. The van der Waals surface area contributed by atoms with E-state index >= 15 is 0 Å². The highest BCUT2D eigenvalue weighted by atomic mass is 16.5. The van der Waals surface area contributed by atoms with Gasteiger partial charge in [0.2, 0.25) is 0 Å². The van der Waals surface area contributed by atoms with Crippen molar-refractivity contribution < 1.29 is 9.53 Å². The second kappa shape index (κ2) is 4.29. The van der Waals surface area contributed by atoms with Crippen molar-refractivity contribution in [3.8, 4) is 5.75 Å². The van der Waals surface area contributed by atoms with Crippen LogP contribution in [-0.4, -0.2) is 23.6 Å². The number of fused-ring (bicyclic) bond motifs is 3. The summed E-state index contributed by atoms with van der Waals surface area (Å²) >= 11 is 0. The summed E-state index contributed by atoms with van der Waals surface area (Å²) in [5.74, 6) is 0.865. The first-order valence-electron chi connectivity index (χ1n) is 7.19. The van der Waals surface area contributed by atoms with Gasteiger partial charge >= 0.3 is 0 Å². The smallest absolute Gasteiger partial charge is 0.271 e. The van der Waals surface area contributed by atoms with Crippen molar-refractivity contribution in [3.63, 3.8) is 0 Å². The van der Waals surface area contributed by atoms with Crippen molar-refractivity contribution in [2.75, 3.05) is 13.2 Å². The molecule has 0 radical (unpaired) electrons. The number of aromatic nitrogens is 1. The molecular weight excluding hydrogens is 240 g/mol. The van der Waals surface area contributed by atoms with Gasteiger partial charge in [0.1, 0.15) is 5.69 Å². The van der Waals surface area contributed by atoms with Crippen LogP contribution in [0.1, 0.15) is 48.9 Å². The van der Waals surface area contributed by atoms with Gasteiger partial charge in [-0.05, 0) is 24.7 Å². The van der Waals surface area contributed by atoms with E-state index in [9.17, 15) is 4.79 Å². The first-order valence-corrected chi connectivity index (χ1v) is 7.19. The lowest BCUT2D eigenvalue weighted by atomic mass is 9.90. The Morgan fingerprint density at radius 3 is 2.89 bits per heavy atom. The largest absolute Gasteiger partial charge is 0.491 e. The Kier molecular flexibility index (Phi) is 2.84. The van der Waals surface area contributed by atoms with E-state index in [1.807, 2.05) is 0 Å². The molecule has 3 rings (SSSR count). The molecule has 1 amide bonds. The number of rotatable bonds is 3. The lowest BCUT2D eigenvalue weighted by Gasteiger charge is -2.22.